The second kappa shape index (κ2) is 9.12. The first kappa shape index (κ1) is 22.4. The molecule has 3 aromatic rings. The van der Waals surface area contributed by atoms with Gasteiger partial charge in [0.15, 0.2) is 5.58 Å². The molecule has 6 nitrogen and oxygen atoms in total. The number of piperidine rings is 2. The van der Waals surface area contributed by atoms with Gasteiger partial charge in [-0.1, -0.05) is 5.16 Å². The Morgan fingerprint density at radius 1 is 0.909 bits per heavy atom. The lowest BCUT2D eigenvalue weighted by molar-refractivity contribution is 0.152. The van der Waals surface area contributed by atoms with Crippen LogP contribution in [-0.4, -0.2) is 55.5 Å². The monoisotopic (exact) mass is 475 g/mol. The molecule has 176 valence electrons. The van der Waals surface area contributed by atoms with E-state index in [2.05, 4.69) is 10.1 Å². The van der Waals surface area contributed by atoms with Crippen molar-refractivity contribution in [3.05, 3.63) is 59.8 Å². The fraction of sp³-hybridized carbons (Fsp3) is 0.458. The normalized spacial score (nSPS) is 19.9. The van der Waals surface area contributed by atoms with Crippen molar-refractivity contribution < 1.29 is 21.7 Å². The second-order valence-corrected chi connectivity index (χ2v) is 11.0. The number of likely N-dealkylation sites (tertiary alicyclic amines) is 1. The van der Waals surface area contributed by atoms with Crippen LogP contribution in [0.4, 0.5) is 8.78 Å². The molecule has 3 heterocycles. The first-order valence-electron chi connectivity index (χ1n) is 11.4. The maximum Gasteiger partial charge on any atom is 0.243 e. The third kappa shape index (κ3) is 4.67. The molecule has 0 N–H and O–H groups in total. The second-order valence-electron chi connectivity index (χ2n) is 9.08. The summed E-state index contributed by atoms with van der Waals surface area (Å²) in [4.78, 5) is 2.60. The van der Waals surface area contributed by atoms with Crippen molar-refractivity contribution in [3.63, 3.8) is 0 Å². The summed E-state index contributed by atoms with van der Waals surface area (Å²) in [5, 5.41) is 5.11. The third-order valence-corrected chi connectivity index (χ3v) is 8.89. The molecule has 0 unspecified atom stereocenters. The van der Waals surface area contributed by atoms with Crippen LogP contribution in [0.15, 0.2) is 51.9 Å². The van der Waals surface area contributed by atoms with Crippen molar-refractivity contribution in [3.8, 4) is 0 Å². The van der Waals surface area contributed by atoms with Crippen LogP contribution in [0.25, 0.3) is 11.0 Å². The van der Waals surface area contributed by atoms with Gasteiger partial charge < -0.3 is 9.42 Å². The highest BCUT2D eigenvalue weighted by molar-refractivity contribution is 7.89. The number of benzene rings is 2. The Kier molecular flexibility index (Phi) is 6.20. The van der Waals surface area contributed by atoms with Gasteiger partial charge in [-0.25, -0.2) is 17.2 Å². The molecule has 2 saturated heterocycles. The molecule has 0 bridgehead atoms. The van der Waals surface area contributed by atoms with E-state index in [1.165, 1.54) is 40.7 Å². The fourth-order valence-electron chi connectivity index (χ4n) is 5.07. The zero-order chi connectivity index (χ0) is 23.0. The number of fused-ring (bicyclic) bond motifs is 1. The largest absolute Gasteiger partial charge is 0.356 e. The van der Waals surface area contributed by atoms with E-state index in [4.69, 9.17) is 4.52 Å². The summed E-state index contributed by atoms with van der Waals surface area (Å²) in [6, 6.07) is 9.60. The molecule has 2 aliphatic heterocycles. The molecule has 2 fully saturated rings. The molecule has 0 amide bonds. The van der Waals surface area contributed by atoms with E-state index >= 15 is 0 Å². The van der Waals surface area contributed by atoms with Crippen LogP contribution < -0.4 is 0 Å². The number of hydrogen-bond donors (Lipinski definition) is 0. The van der Waals surface area contributed by atoms with Gasteiger partial charge in [-0.3, -0.25) is 0 Å². The van der Waals surface area contributed by atoms with E-state index in [0.717, 1.165) is 56.4 Å². The van der Waals surface area contributed by atoms with E-state index in [9.17, 15) is 17.2 Å². The minimum Gasteiger partial charge on any atom is -0.356 e. The average Bonchev–Trinajstić information content (AvgIpc) is 3.23. The molecule has 0 aliphatic carbocycles. The van der Waals surface area contributed by atoms with Crippen LogP contribution in [0.5, 0.6) is 0 Å². The summed E-state index contributed by atoms with van der Waals surface area (Å²) in [7, 11) is -3.57. The summed E-state index contributed by atoms with van der Waals surface area (Å²) >= 11 is 0. The van der Waals surface area contributed by atoms with E-state index < -0.39 is 15.8 Å². The number of hydrogen-bond acceptors (Lipinski definition) is 5. The van der Waals surface area contributed by atoms with Crippen LogP contribution in [0.3, 0.4) is 0 Å². The summed E-state index contributed by atoms with van der Waals surface area (Å²) in [5.74, 6) is -0.00803. The average molecular weight is 476 g/mol. The zero-order valence-corrected chi connectivity index (χ0v) is 19.1. The standard InChI is InChI=1S/C24H27F2N3O3S/c25-19-1-4-21(5-2-19)33(30,31)29-13-7-17(8-14-29)16-28-11-9-18(10-12-28)24-22-6-3-20(26)15-23(22)32-27-24/h1-6,15,17-18H,7-14,16H2. The van der Waals surface area contributed by atoms with Crippen molar-refractivity contribution in [2.24, 2.45) is 5.92 Å². The van der Waals surface area contributed by atoms with Crippen LogP contribution in [0.2, 0.25) is 0 Å². The number of halogens is 2. The number of rotatable bonds is 5. The quantitative estimate of drug-likeness (QED) is 0.548. The van der Waals surface area contributed by atoms with Crippen molar-refractivity contribution >= 4 is 21.0 Å². The highest BCUT2D eigenvalue weighted by atomic mass is 32.2. The van der Waals surface area contributed by atoms with Gasteiger partial charge in [0, 0.05) is 37.0 Å². The summed E-state index contributed by atoms with van der Waals surface area (Å²) in [6.07, 6.45) is 3.58. The van der Waals surface area contributed by atoms with Crippen molar-refractivity contribution in [2.45, 2.75) is 36.5 Å². The molecule has 0 spiro atoms. The molecule has 1 aromatic heterocycles. The number of nitrogens with zero attached hydrogens (tertiary/aromatic N) is 3. The first-order chi connectivity index (χ1) is 15.9. The van der Waals surface area contributed by atoms with Crippen molar-refractivity contribution in [1.29, 1.82) is 0 Å². The Labute approximate surface area is 192 Å². The highest BCUT2D eigenvalue weighted by Crippen LogP contribution is 2.33. The molecule has 5 rings (SSSR count). The maximum atomic E-state index is 13.4. The van der Waals surface area contributed by atoms with Gasteiger partial charge in [0.05, 0.1) is 10.6 Å². The van der Waals surface area contributed by atoms with Crippen molar-refractivity contribution in [2.75, 3.05) is 32.7 Å². The molecular formula is C24H27F2N3O3S. The SMILES string of the molecule is O=S(=O)(c1ccc(F)cc1)N1CCC(CN2CCC(c3noc4cc(F)ccc34)CC2)CC1. The Bertz CT molecular complexity index is 1210. The Morgan fingerprint density at radius 2 is 1.58 bits per heavy atom. The molecule has 2 aliphatic rings. The van der Waals surface area contributed by atoms with E-state index in [1.807, 2.05) is 0 Å². The molecule has 2 aromatic carbocycles. The van der Waals surface area contributed by atoms with Gasteiger partial charge >= 0.3 is 0 Å². The molecule has 0 saturated carbocycles. The van der Waals surface area contributed by atoms with Gasteiger partial charge in [-0.2, -0.15) is 4.31 Å². The molecule has 0 atom stereocenters. The van der Waals surface area contributed by atoms with Gasteiger partial charge in [-0.15, -0.1) is 0 Å². The summed E-state index contributed by atoms with van der Waals surface area (Å²) in [5.41, 5.74) is 1.42. The predicted molar refractivity (Wildman–Crippen MR) is 120 cm³/mol. The van der Waals surface area contributed by atoms with Gasteiger partial charge in [0.1, 0.15) is 11.6 Å². The highest BCUT2D eigenvalue weighted by Gasteiger charge is 2.31. The molecule has 9 heteroatoms. The van der Waals surface area contributed by atoms with Gasteiger partial charge in [0.25, 0.3) is 0 Å². The molecular weight excluding hydrogens is 448 g/mol. The fourth-order valence-corrected chi connectivity index (χ4v) is 6.54. The first-order valence-corrected chi connectivity index (χ1v) is 12.9. The maximum absolute atomic E-state index is 13.4. The Morgan fingerprint density at radius 3 is 2.27 bits per heavy atom. The predicted octanol–water partition coefficient (Wildman–Crippen LogP) is 4.39. The summed E-state index contributed by atoms with van der Waals surface area (Å²) < 4.78 is 59.0. The smallest absolute Gasteiger partial charge is 0.243 e. The minimum atomic E-state index is -3.57. The number of sulfonamides is 1. The molecule has 33 heavy (non-hydrogen) atoms. The Hall–Kier alpha value is -2.36. The van der Waals surface area contributed by atoms with Crippen LogP contribution in [0.1, 0.15) is 37.3 Å². The third-order valence-electron chi connectivity index (χ3n) is 6.98. The van der Waals surface area contributed by atoms with Crippen LogP contribution >= 0.6 is 0 Å². The topological polar surface area (TPSA) is 66.7 Å². The number of aromatic nitrogens is 1. The van der Waals surface area contributed by atoms with E-state index in [-0.39, 0.29) is 10.7 Å². The lowest BCUT2D eigenvalue weighted by Gasteiger charge is -2.37. The lowest BCUT2D eigenvalue weighted by atomic mass is 9.90. The lowest BCUT2D eigenvalue weighted by Crippen LogP contribution is -2.43. The van der Waals surface area contributed by atoms with Gasteiger partial charge in [-0.05, 0) is 81.1 Å². The van der Waals surface area contributed by atoms with Crippen LogP contribution in [0, 0.1) is 17.6 Å². The summed E-state index contributed by atoms with van der Waals surface area (Å²) in [6.45, 7) is 3.84. The molecule has 0 radical (unpaired) electrons. The Balaban J connectivity index is 1.13. The van der Waals surface area contributed by atoms with Crippen molar-refractivity contribution in [1.82, 2.24) is 14.4 Å². The minimum absolute atomic E-state index is 0.146. The van der Waals surface area contributed by atoms with E-state index in [0.29, 0.717) is 30.5 Å². The van der Waals surface area contributed by atoms with E-state index in [1.54, 1.807) is 6.07 Å². The van der Waals surface area contributed by atoms with Crippen LogP contribution in [-0.2, 0) is 10.0 Å². The zero-order valence-electron chi connectivity index (χ0n) is 18.3. The van der Waals surface area contributed by atoms with Gasteiger partial charge in [0.2, 0.25) is 10.0 Å².